The van der Waals surface area contributed by atoms with Gasteiger partial charge in [-0.05, 0) is 54.4 Å². The van der Waals surface area contributed by atoms with Crippen LogP contribution in [0.3, 0.4) is 0 Å². The van der Waals surface area contributed by atoms with Crippen LogP contribution in [0.2, 0.25) is 0 Å². The molecule has 166 valence electrons. The summed E-state index contributed by atoms with van der Waals surface area (Å²) >= 11 is 0. The van der Waals surface area contributed by atoms with Gasteiger partial charge in [-0.2, -0.15) is 0 Å². The van der Waals surface area contributed by atoms with Crippen LogP contribution in [0.4, 0.5) is 4.79 Å². The number of hydrogen-bond acceptors (Lipinski definition) is 4. The number of amides is 1. The van der Waals surface area contributed by atoms with Gasteiger partial charge in [-0.3, -0.25) is 0 Å². The van der Waals surface area contributed by atoms with Gasteiger partial charge in [0.25, 0.3) is 0 Å². The van der Waals surface area contributed by atoms with Gasteiger partial charge in [0.2, 0.25) is 6.10 Å². The number of likely N-dealkylation sites (tertiary alicyclic amines) is 1. The summed E-state index contributed by atoms with van der Waals surface area (Å²) in [4.78, 5) is 27.3. The quantitative estimate of drug-likeness (QED) is 0.555. The Hall–Kier alpha value is -2.82. The molecule has 5 nitrogen and oxygen atoms in total. The molecular formula is C26H33NO4. The highest BCUT2D eigenvalue weighted by Gasteiger charge is 2.28. The molecule has 1 aliphatic heterocycles. The molecule has 0 saturated carbocycles. The van der Waals surface area contributed by atoms with Crippen LogP contribution in [0, 0.1) is 0 Å². The summed E-state index contributed by atoms with van der Waals surface area (Å²) in [5.74, 6) is -0.508. The zero-order chi connectivity index (χ0) is 22.1. The fourth-order valence-electron chi connectivity index (χ4n) is 3.96. The Balaban J connectivity index is 1.72. The van der Waals surface area contributed by atoms with Crippen LogP contribution in [0.25, 0.3) is 0 Å². The molecule has 0 radical (unpaired) electrons. The lowest BCUT2D eigenvalue weighted by molar-refractivity contribution is -0.155. The number of nitrogens with zero attached hydrogens (tertiary/aromatic N) is 1. The van der Waals surface area contributed by atoms with Gasteiger partial charge in [0, 0.05) is 19.5 Å². The topological polar surface area (TPSA) is 55.8 Å². The molecule has 0 aromatic heterocycles. The number of esters is 1. The number of rotatable bonds is 8. The Morgan fingerprint density at radius 1 is 0.903 bits per heavy atom. The molecule has 0 unspecified atom stereocenters. The van der Waals surface area contributed by atoms with Crippen molar-refractivity contribution in [2.24, 2.45) is 0 Å². The van der Waals surface area contributed by atoms with Gasteiger partial charge in [-0.25, -0.2) is 9.59 Å². The minimum atomic E-state index is -0.963. The minimum absolute atomic E-state index is 0.159. The van der Waals surface area contributed by atoms with Crippen molar-refractivity contribution in [1.82, 2.24) is 4.90 Å². The third-order valence-electron chi connectivity index (χ3n) is 5.80. The molecule has 3 rings (SSSR count). The molecule has 2 aromatic carbocycles. The molecule has 0 bridgehead atoms. The van der Waals surface area contributed by atoms with Crippen molar-refractivity contribution in [2.45, 2.75) is 65.1 Å². The second-order valence-electron chi connectivity index (χ2n) is 8.03. The molecule has 0 aliphatic carbocycles. The summed E-state index contributed by atoms with van der Waals surface area (Å²) in [5.41, 5.74) is 4.44. The number of benzene rings is 2. The Labute approximate surface area is 185 Å². The van der Waals surface area contributed by atoms with E-state index in [0.29, 0.717) is 19.5 Å². The number of aryl methyl sites for hydroxylation is 2. The maximum Gasteiger partial charge on any atom is 0.410 e. The SMILES string of the molecule is CCc1ccc(C[C@@H](OC(=O)N2CCCCC2)C(=O)OCc2ccccc2)cc1CC. The molecule has 1 heterocycles. The summed E-state index contributed by atoms with van der Waals surface area (Å²) in [6.07, 6.45) is 3.87. The third-order valence-corrected chi connectivity index (χ3v) is 5.80. The summed E-state index contributed by atoms with van der Waals surface area (Å²) in [6.45, 7) is 5.77. The molecule has 1 aliphatic rings. The van der Waals surface area contributed by atoms with Crippen molar-refractivity contribution in [1.29, 1.82) is 0 Å². The molecule has 1 fully saturated rings. The Kier molecular flexibility index (Phi) is 8.51. The predicted molar refractivity (Wildman–Crippen MR) is 121 cm³/mol. The van der Waals surface area contributed by atoms with E-state index in [1.165, 1.54) is 11.1 Å². The van der Waals surface area contributed by atoms with Crippen LogP contribution in [-0.2, 0) is 40.1 Å². The molecule has 5 heteroatoms. The number of piperidine rings is 1. The van der Waals surface area contributed by atoms with Gasteiger partial charge in [0.05, 0.1) is 0 Å². The van der Waals surface area contributed by atoms with Gasteiger partial charge >= 0.3 is 12.1 Å². The first-order valence-electron chi connectivity index (χ1n) is 11.4. The minimum Gasteiger partial charge on any atom is -0.458 e. The normalized spacial score (nSPS) is 14.7. The fraction of sp³-hybridized carbons (Fsp3) is 0.462. The zero-order valence-corrected chi connectivity index (χ0v) is 18.6. The summed E-state index contributed by atoms with van der Waals surface area (Å²) in [7, 11) is 0. The molecule has 1 saturated heterocycles. The smallest absolute Gasteiger partial charge is 0.410 e. The first kappa shape index (κ1) is 22.9. The first-order chi connectivity index (χ1) is 15.1. The van der Waals surface area contributed by atoms with Crippen molar-refractivity contribution < 1.29 is 19.1 Å². The van der Waals surface area contributed by atoms with E-state index in [1.54, 1.807) is 4.90 Å². The van der Waals surface area contributed by atoms with Crippen LogP contribution in [0.5, 0.6) is 0 Å². The molecule has 1 amide bonds. The van der Waals surface area contributed by atoms with Crippen molar-refractivity contribution in [3.05, 3.63) is 70.8 Å². The van der Waals surface area contributed by atoms with Crippen molar-refractivity contribution in [2.75, 3.05) is 13.1 Å². The van der Waals surface area contributed by atoms with Gasteiger partial charge in [-0.15, -0.1) is 0 Å². The standard InChI is InChI=1S/C26H33NO4/c1-3-22-14-13-21(17-23(22)4-2)18-24(31-26(29)27-15-9-6-10-16-27)25(28)30-19-20-11-7-5-8-12-20/h5,7-8,11-14,17,24H,3-4,6,9-10,15-16,18-19H2,1-2H3/t24-/m1/s1. The summed E-state index contributed by atoms with van der Waals surface area (Å²) in [5, 5.41) is 0. The second kappa shape index (κ2) is 11.5. The first-order valence-corrected chi connectivity index (χ1v) is 11.4. The maximum absolute atomic E-state index is 12.9. The Bertz CT molecular complexity index is 859. The maximum atomic E-state index is 12.9. The van der Waals surface area contributed by atoms with E-state index in [4.69, 9.17) is 9.47 Å². The third kappa shape index (κ3) is 6.58. The van der Waals surface area contributed by atoms with Gasteiger partial charge in [-0.1, -0.05) is 62.4 Å². The number of hydrogen-bond donors (Lipinski definition) is 0. The Morgan fingerprint density at radius 3 is 2.29 bits per heavy atom. The number of ether oxygens (including phenoxy) is 2. The summed E-state index contributed by atoms with van der Waals surface area (Å²) < 4.78 is 11.2. The number of carbonyl (C=O) groups excluding carboxylic acids is 2. The molecule has 31 heavy (non-hydrogen) atoms. The van der Waals surface area contributed by atoms with E-state index >= 15 is 0 Å². The van der Waals surface area contributed by atoms with E-state index < -0.39 is 18.2 Å². The van der Waals surface area contributed by atoms with E-state index in [9.17, 15) is 9.59 Å². The average molecular weight is 424 g/mol. The van der Waals surface area contributed by atoms with Crippen molar-refractivity contribution in [3.8, 4) is 0 Å². The van der Waals surface area contributed by atoms with E-state index in [-0.39, 0.29) is 6.61 Å². The van der Waals surface area contributed by atoms with E-state index in [0.717, 1.165) is 43.2 Å². The average Bonchev–Trinajstić information content (AvgIpc) is 2.83. The molecule has 0 spiro atoms. The van der Waals surface area contributed by atoms with Gasteiger partial charge in [0.15, 0.2) is 0 Å². The predicted octanol–water partition coefficient (Wildman–Crippen LogP) is 5.09. The van der Waals surface area contributed by atoms with Gasteiger partial charge < -0.3 is 14.4 Å². The number of carbonyl (C=O) groups is 2. The lowest BCUT2D eigenvalue weighted by Crippen LogP contribution is -2.41. The van der Waals surface area contributed by atoms with Crippen LogP contribution >= 0.6 is 0 Å². The van der Waals surface area contributed by atoms with Crippen LogP contribution in [-0.4, -0.2) is 36.2 Å². The molecule has 1 atom stereocenters. The Morgan fingerprint density at radius 2 is 1.61 bits per heavy atom. The zero-order valence-electron chi connectivity index (χ0n) is 18.6. The lowest BCUT2D eigenvalue weighted by atomic mass is 9.97. The monoisotopic (exact) mass is 423 g/mol. The van der Waals surface area contributed by atoms with Crippen LogP contribution in [0.1, 0.15) is 55.4 Å². The highest BCUT2D eigenvalue weighted by Crippen LogP contribution is 2.18. The summed E-state index contributed by atoms with van der Waals surface area (Å²) in [6, 6.07) is 15.8. The molecular weight excluding hydrogens is 390 g/mol. The largest absolute Gasteiger partial charge is 0.458 e. The van der Waals surface area contributed by atoms with Crippen molar-refractivity contribution >= 4 is 12.1 Å². The van der Waals surface area contributed by atoms with Crippen molar-refractivity contribution in [3.63, 3.8) is 0 Å². The van der Waals surface area contributed by atoms with E-state index in [1.807, 2.05) is 36.4 Å². The fourth-order valence-corrected chi connectivity index (χ4v) is 3.96. The van der Waals surface area contributed by atoms with Crippen LogP contribution < -0.4 is 0 Å². The second-order valence-corrected chi connectivity index (χ2v) is 8.03. The highest BCUT2D eigenvalue weighted by molar-refractivity contribution is 5.79. The van der Waals surface area contributed by atoms with E-state index in [2.05, 4.69) is 26.0 Å². The highest BCUT2D eigenvalue weighted by atomic mass is 16.6. The van der Waals surface area contributed by atoms with Gasteiger partial charge in [0.1, 0.15) is 6.61 Å². The molecule has 2 aromatic rings. The van der Waals surface area contributed by atoms with Crippen LogP contribution in [0.15, 0.2) is 48.5 Å². The molecule has 0 N–H and O–H groups in total. The lowest BCUT2D eigenvalue weighted by Gasteiger charge is -2.28.